The van der Waals surface area contributed by atoms with Gasteiger partial charge in [-0.05, 0) is 55.3 Å². The van der Waals surface area contributed by atoms with Crippen molar-refractivity contribution in [2.24, 2.45) is 0 Å². The van der Waals surface area contributed by atoms with Gasteiger partial charge in [-0.2, -0.15) is 0 Å². The Morgan fingerprint density at radius 3 is 2.76 bits per heavy atom. The number of fused-ring (bicyclic) bond motifs is 1. The molecular formula is C25H24N4O3S. The highest BCUT2D eigenvalue weighted by molar-refractivity contribution is 8.00. The molecule has 0 aliphatic rings. The minimum atomic E-state index is -0.511. The second kappa shape index (κ2) is 9.87. The molecule has 8 heteroatoms. The number of ether oxygens (including phenoxy) is 1. The molecule has 4 aromatic rings. The number of thioether (sulfide) groups is 1. The lowest BCUT2D eigenvalue weighted by Gasteiger charge is -2.17. The topological polar surface area (TPSA) is 86.1 Å². The molecule has 0 radical (unpaired) electrons. The van der Waals surface area contributed by atoms with Crippen LogP contribution in [0.1, 0.15) is 18.1 Å². The van der Waals surface area contributed by atoms with Gasteiger partial charge in [-0.3, -0.25) is 19.1 Å². The van der Waals surface area contributed by atoms with E-state index in [-0.39, 0.29) is 11.5 Å². The first kappa shape index (κ1) is 22.5. The normalized spacial score (nSPS) is 11.8. The van der Waals surface area contributed by atoms with Crippen LogP contribution in [-0.4, -0.2) is 32.8 Å². The minimum Gasteiger partial charge on any atom is -0.495 e. The number of nitrogens with zero attached hydrogens (tertiary/aromatic N) is 3. The van der Waals surface area contributed by atoms with Crippen molar-refractivity contribution in [3.8, 4) is 5.75 Å². The molecular weight excluding hydrogens is 436 g/mol. The Morgan fingerprint density at radius 1 is 1.18 bits per heavy atom. The van der Waals surface area contributed by atoms with Gasteiger partial charge in [0.05, 0.1) is 35.5 Å². The summed E-state index contributed by atoms with van der Waals surface area (Å²) in [5, 5.41) is 3.43. The molecule has 7 nitrogen and oxygen atoms in total. The minimum absolute atomic E-state index is 0.153. The SMILES string of the molecule is COc1ccc(C)cc1NC(=O)C(C)Sc1nc2ccccc2c(=O)n1Cc1cccnc1. The fraction of sp³-hybridized carbons (Fsp3) is 0.200. The molecule has 0 fully saturated rings. The number of methoxy groups -OCH3 is 1. The van der Waals surface area contributed by atoms with E-state index in [1.165, 1.54) is 11.8 Å². The van der Waals surface area contributed by atoms with Crippen LogP contribution in [-0.2, 0) is 11.3 Å². The zero-order valence-electron chi connectivity index (χ0n) is 18.6. The summed E-state index contributed by atoms with van der Waals surface area (Å²) in [7, 11) is 1.56. The molecule has 1 amide bonds. The molecule has 0 spiro atoms. The number of hydrogen-bond acceptors (Lipinski definition) is 6. The molecule has 33 heavy (non-hydrogen) atoms. The molecule has 4 rings (SSSR count). The summed E-state index contributed by atoms with van der Waals surface area (Å²) in [6.45, 7) is 4.05. The van der Waals surface area contributed by atoms with E-state index >= 15 is 0 Å². The van der Waals surface area contributed by atoms with Crippen molar-refractivity contribution in [2.75, 3.05) is 12.4 Å². The molecule has 168 valence electrons. The highest BCUT2D eigenvalue weighted by atomic mass is 32.2. The highest BCUT2D eigenvalue weighted by Gasteiger charge is 2.21. The van der Waals surface area contributed by atoms with Crippen LogP contribution in [0, 0.1) is 6.92 Å². The van der Waals surface area contributed by atoms with Gasteiger partial charge in [0, 0.05) is 12.4 Å². The van der Waals surface area contributed by atoms with Crippen LogP contribution in [0.15, 0.2) is 76.9 Å². The number of hydrogen-bond donors (Lipinski definition) is 1. The standard InChI is InChI=1S/C25H24N4O3S/c1-16-10-11-22(32-3)21(13-16)27-23(30)17(2)33-25-28-20-9-5-4-8-19(20)24(31)29(25)15-18-7-6-12-26-14-18/h4-14,17H,15H2,1-3H3,(H,27,30). The Hall–Kier alpha value is -3.65. The maximum atomic E-state index is 13.3. The second-order valence-electron chi connectivity index (χ2n) is 7.62. The molecule has 1 unspecified atom stereocenters. The van der Waals surface area contributed by atoms with Gasteiger partial charge in [-0.25, -0.2) is 4.98 Å². The van der Waals surface area contributed by atoms with E-state index in [9.17, 15) is 9.59 Å². The lowest BCUT2D eigenvalue weighted by Crippen LogP contribution is -2.27. The van der Waals surface area contributed by atoms with Crippen molar-refractivity contribution in [3.63, 3.8) is 0 Å². The average molecular weight is 461 g/mol. The van der Waals surface area contributed by atoms with Crippen LogP contribution < -0.4 is 15.6 Å². The summed E-state index contributed by atoms with van der Waals surface area (Å²) >= 11 is 1.24. The average Bonchev–Trinajstić information content (AvgIpc) is 2.82. The van der Waals surface area contributed by atoms with E-state index in [1.807, 2.05) is 49.4 Å². The predicted octanol–water partition coefficient (Wildman–Crippen LogP) is 4.28. The van der Waals surface area contributed by atoms with Crippen LogP contribution in [0.3, 0.4) is 0 Å². The number of aromatic nitrogens is 3. The van der Waals surface area contributed by atoms with Gasteiger partial charge in [0.1, 0.15) is 5.75 Å². The van der Waals surface area contributed by atoms with Crippen molar-refractivity contribution in [1.29, 1.82) is 0 Å². The van der Waals surface area contributed by atoms with E-state index in [4.69, 9.17) is 9.72 Å². The molecule has 0 bridgehead atoms. The molecule has 0 saturated carbocycles. The van der Waals surface area contributed by atoms with E-state index in [1.54, 1.807) is 43.1 Å². The van der Waals surface area contributed by atoms with Crippen LogP contribution in [0.25, 0.3) is 10.9 Å². The maximum absolute atomic E-state index is 13.3. The summed E-state index contributed by atoms with van der Waals surface area (Å²) in [6, 6.07) is 16.6. The number of carbonyl (C=O) groups is 1. The first-order chi connectivity index (χ1) is 16.0. The van der Waals surface area contributed by atoms with Crippen LogP contribution in [0.2, 0.25) is 0 Å². The summed E-state index contributed by atoms with van der Waals surface area (Å²) in [5.41, 5.74) is 2.93. The lowest BCUT2D eigenvalue weighted by atomic mass is 10.2. The number of nitrogens with one attached hydrogen (secondary N) is 1. The number of para-hydroxylation sites is 1. The third kappa shape index (κ3) is 5.06. The number of rotatable bonds is 7. The molecule has 0 saturated heterocycles. The van der Waals surface area contributed by atoms with Gasteiger partial charge in [0.2, 0.25) is 5.91 Å². The van der Waals surface area contributed by atoms with Crippen molar-refractivity contribution >= 4 is 34.3 Å². The van der Waals surface area contributed by atoms with Crippen molar-refractivity contribution in [1.82, 2.24) is 14.5 Å². The summed E-state index contributed by atoms with van der Waals surface area (Å²) < 4.78 is 6.96. The van der Waals surface area contributed by atoms with E-state index in [0.29, 0.717) is 34.0 Å². The van der Waals surface area contributed by atoms with Crippen LogP contribution >= 0.6 is 11.8 Å². The summed E-state index contributed by atoms with van der Waals surface area (Å²) in [5.74, 6) is 0.378. The zero-order valence-corrected chi connectivity index (χ0v) is 19.4. The third-order valence-corrected chi connectivity index (χ3v) is 6.24. The monoisotopic (exact) mass is 460 g/mol. The Bertz CT molecular complexity index is 1360. The largest absolute Gasteiger partial charge is 0.495 e. The van der Waals surface area contributed by atoms with Gasteiger partial charge in [0.25, 0.3) is 5.56 Å². The zero-order chi connectivity index (χ0) is 23.4. The van der Waals surface area contributed by atoms with Gasteiger partial charge in [0.15, 0.2) is 5.16 Å². The fourth-order valence-corrected chi connectivity index (χ4v) is 4.32. The number of benzene rings is 2. The summed E-state index contributed by atoms with van der Waals surface area (Å²) in [4.78, 5) is 35.1. The highest BCUT2D eigenvalue weighted by Crippen LogP contribution is 2.28. The molecule has 1 N–H and O–H groups in total. The maximum Gasteiger partial charge on any atom is 0.262 e. The molecule has 0 aliphatic heterocycles. The quantitative estimate of drug-likeness (QED) is 0.327. The molecule has 1 atom stereocenters. The number of aryl methyl sites for hydroxylation is 1. The Kier molecular flexibility index (Phi) is 6.74. The number of pyridine rings is 1. The molecule has 2 aromatic carbocycles. The first-order valence-electron chi connectivity index (χ1n) is 10.5. The van der Waals surface area contributed by atoms with E-state index < -0.39 is 5.25 Å². The third-order valence-electron chi connectivity index (χ3n) is 5.15. The van der Waals surface area contributed by atoms with Gasteiger partial charge in [-0.15, -0.1) is 0 Å². The molecule has 0 aliphatic carbocycles. The van der Waals surface area contributed by atoms with E-state index in [0.717, 1.165) is 11.1 Å². The molecule has 2 aromatic heterocycles. The first-order valence-corrected chi connectivity index (χ1v) is 11.3. The van der Waals surface area contributed by atoms with E-state index in [2.05, 4.69) is 10.3 Å². The van der Waals surface area contributed by atoms with Gasteiger partial charge in [-0.1, -0.05) is 36.0 Å². The van der Waals surface area contributed by atoms with Crippen LogP contribution in [0.5, 0.6) is 5.75 Å². The fourth-order valence-electron chi connectivity index (χ4n) is 3.42. The number of carbonyl (C=O) groups excluding carboxylic acids is 1. The molecule has 2 heterocycles. The second-order valence-corrected chi connectivity index (χ2v) is 8.93. The van der Waals surface area contributed by atoms with Gasteiger partial charge >= 0.3 is 0 Å². The Morgan fingerprint density at radius 2 is 2.00 bits per heavy atom. The van der Waals surface area contributed by atoms with Crippen molar-refractivity contribution < 1.29 is 9.53 Å². The smallest absolute Gasteiger partial charge is 0.262 e. The predicted molar refractivity (Wildman–Crippen MR) is 131 cm³/mol. The number of amides is 1. The van der Waals surface area contributed by atoms with Crippen molar-refractivity contribution in [3.05, 3.63) is 88.5 Å². The van der Waals surface area contributed by atoms with Gasteiger partial charge < -0.3 is 10.1 Å². The Labute approximate surface area is 195 Å². The lowest BCUT2D eigenvalue weighted by molar-refractivity contribution is -0.115. The van der Waals surface area contributed by atoms with Crippen LogP contribution in [0.4, 0.5) is 5.69 Å². The Balaban J connectivity index is 1.66. The summed E-state index contributed by atoms with van der Waals surface area (Å²) in [6.07, 6.45) is 3.41. The number of anilines is 1. The van der Waals surface area contributed by atoms with Crippen molar-refractivity contribution in [2.45, 2.75) is 30.8 Å².